The Morgan fingerprint density at radius 1 is 1.30 bits per heavy atom. The predicted octanol–water partition coefficient (Wildman–Crippen LogP) is 5.24. The largest absolute Gasteiger partial charge is 0.497 e. The molecule has 3 heterocycles. The molecule has 136 valence electrons. The number of pyridine rings is 1. The number of hydrogen-bond donors (Lipinski definition) is 2. The molecular weight excluding hydrogens is 384 g/mol. The molecule has 3 aromatic heterocycles. The van der Waals surface area contributed by atoms with E-state index in [0.29, 0.717) is 16.5 Å². The number of nitrogens with zero attached hydrogens (tertiary/aromatic N) is 1. The van der Waals surface area contributed by atoms with Crippen molar-refractivity contribution in [2.75, 3.05) is 7.11 Å². The number of benzene rings is 1. The Bertz CT molecular complexity index is 1150. The van der Waals surface area contributed by atoms with Crippen molar-refractivity contribution in [1.29, 1.82) is 0 Å². The van der Waals surface area contributed by atoms with Gasteiger partial charge < -0.3 is 14.8 Å². The molecule has 1 aromatic carbocycles. The number of nitrogens with one attached hydrogen (secondary N) is 1. The van der Waals surface area contributed by atoms with Gasteiger partial charge in [-0.1, -0.05) is 17.7 Å². The molecule has 0 spiro atoms. The molecule has 4 aromatic rings. The molecule has 27 heavy (non-hydrogen) atoms. The van der Waals surface area contributed by atoms with Crippen molar-refractivity contribution in [3.63, 3.8) is 0 Å². The second-order valence-electron chi connectivity index (χ2n) is 6.03. The van der Waals surface area contributed by atoms with Crippen LogP contribution in [0.1, 0.15) is 21.7 Å². The van der Waals surface area contributed by atoms with E-state index in [2.05, 4.69) is 9.97 Å². The van der Waals surface area contributed by atoms with E-state index >= 15 is 0 Å². The van der Waals surface area contributed by atoms with Crippen molar-refractivity contribution in [3.8, 4) is 17.0 Å². The van der Waals surface area contributed by atoms with Crippen LogP contribution in [0.15, 0.2) is 47.8 Å². The van der Waals surface area contributed by atoms with Gasteiger partial charge in [0, 0.05) is 40.0 Å². The average molecular weight is 399 g/mol. The number of carboxylic acids is 1. The van der Waals surface area contributed by atoms with Crippen LogP contribution in [-0.2, 0) is 6.42 Å². The van der Waals surface area contributed by atoms with Gasteiger partial charge in [-0.25, -0.2) is 9.78 Å². The van der Waals surface area contributed by atoms with Gasteiger partial charge in [-0.15, -0.1) is 11.3 Å². The second kappa shape index (κ2) is 7.06. The number of methoxy groups -OCH3 is 1. The van der Waals surface area contributed by atoms with E-state index in [1.807, 2.05) is 35.7 Å². The molecule has 2 N–H and O–H groups in total. The number of aromatic amines is 1. The Hall–Kier alpha value is -2.83. The van der Waals surface area contributed by atoms with Gasteiger partial charge in [-0.2, -0.15) is 0 Å². The van der Waals surface area contributed by atoms with E-state index in [1.54, 1.807) is 13.2 Å². The van der Waals surface area contributed by atoms with Gasteiger partial charge in [0.25, 0.3) is 0 Å². The number of ether oxygens (including phenoxy) is 1. The number of fused-ring (bicyclic) bond motifs is 1. The number of hydrogen-bond acceptors (Lipinski definition) is 4. The molecule has 4 rings (SSSR count). The van der Waals surface area contributed by atoms with Gasteiger partial charge in [-0.3, -0.25) is 0 Å². The molecule has 0 bridgehead atoms. The molecule has 0 aliphatic carbocycles. The number of H-pyrrole nitrogens is 1. The summed E-state index contributed by atoms with van der Waals surface area (Å²) in [7, 11) is 1.63. The smallest absolute Gasteiger partial charge is 0.354 e. The van der Waals surface area contributed by atoms with Crippen LogP contribution < -0.4 is 4.74 Å². The molecule has 0 saturated carbocycles. The quantitative estimate of drug-likeness (QED) is 0.482. The number of aromatic nitrogens is 2. The van der Waals surface area contributed by atoms with Crippen LogP contribution in [0, 0.1) is 0 Å². The SMILES string of the molecule is COc1ccc2c(Cc3cccc(C(=O)O)n3)c(-c3csc(Cl)c3)[nH]c2c1. The first kappa shape index (κ1) is 17.6. The normalized spacial score (nSPS) is 11.0. The van der Waals surface area contributed by atoms with Gasteiger partial charge in [0.05, 0.1) is 17.1 Å². The van der Waals surface area contributed by atoms with Crippen LogP contribution in [0.4, 0.5) is 0 Å². The Labute approximate surface area is 164 Å². The maximum absolute atomic E-state index is 11.2. The van der Waals surface area contributed by atoms with Gasteiger partial charge in [0.1, 0.15) is 11.4 Å². The zero-order valence-electron chi connectivity index (χ0n) is 14.3. The molecular formula is C20H15ClN2O3S. The van der Waals surface area contributed by atoms with E-state index in [0.717, 1.165) is 33.5 Å². The Kier molecular flexibility index (Phi) is 4.59. The molecule has 7 heteroatoms. The first-order valence-electron chi connectivity index (χ1n) is 8.17. The number of thiophene rings is 1. The van der Waals surface area contributed by atoms with Gasteiger partial charge in [0.2, 0.25) is 0 Å². The molecule has 0 amide bonds. The molecule has 0 saturated heterocycles. The minimum Gasteiger partial charge on any atom is -0.497 e. The third-order valence-corrected chi connectivity index (χ3v) is 5.44. The lowest BCUT2D eigenvalue weighted by Gasteiger charge is -2.05. The number of aromatic carboxylic acids is 1. The first-order valence-corrected chi connectivity index (χ1v) is 9.43. The summed E-state index contributed by atoms with van der Waals surface area (Å²) in [5.41, 5.74) is 4.64. The van der Waals surface area contributed by atoms with Crippen LogP contribution in [-0.4, -0.2) is 28.2 Å². The third kappa shape index (κ3) is 3.41. The maximum Gasteiger partial charge on any atom is 0.354 e. The summed E-state index contributed by atoms with van der Waals surface area (Å²) in [6.07, 6.45) is 0.496. The number of rotatable bonds is 5. The Balaban J connectivity index is 1.86. The monoisotopic (exact) mass is 398 g/mol. The van der Waals surface area contributed by atoms with Crippen LogP contribution in [0.2, 0.25) is 4.34 Å². The van der Waals surface area contributed by atoms with E-state index in [-0.39, 0.29) is 5.69 Å². The molecule has 0 fully saturated rings. The van der Waals surface area contributed by atoms with Crippen LogP contribution in [0.25, 0.3) is 22.2 Å². The van der Waals surface area contributed by atoms with Crippen molar-refractivity contribution >= 4 is 39.8 Å². The maximum atomic E-state index is 11.2. The fourth-order valence-electron chi connectivity index (χ4n) is 3.11. The Morgan fingerprint density at radius 2 is 2.15 bits per heavy atom. The zero-order valence-corrected chi connectivity index (χ0v) is 15.9. The summed E-state index contributed by atoms with van der Waals surface area (Å²) < 4.78 is 6.03. The molecule has 0 radical (unpaired) electrons. The minimum atomic E-state index is -1.04. The number of carbonyl (C=O) groups is 1. The highest BCUT2D eigenvalue weighted by Gasteiger charge is 2.17. The summed E-state index contributed by atoms with van der Waals surface area (Å²) in [4.78, 5) is 18.9. The van der Waals surface area contributed by atoms with Crippen molar-refractivity contribution in [1.82, 2.24) is 9.97 Å². The minimum absolute atomic E-state index is 0.0362. The Morgan fingerprint density at radius 3 is 2.85 bits per heavy atom. The highest BCUT2D eigenvalue weighted by atomic mass is 35.5. The van der Waals surface area contributed by atoms with Gasteiger partial charge in [-0.05, 0) is 35.9 Å². The molecule has 0 aliphatic heterocycles. The van der Waals surface area contributed by atoms with Crippen molar-refractivity contribution in [2.24, 2.45) is 0 Å². The van der Waals surface area contributed by atoms with Crippen LogP contribution >= 0.6 is 22.9 Å². The number of halogens is 1. The van der Waals surface area contributed by atoms with Crippen molar-refractivity contribution in [2.45, 2.75) is 6.42 Å². The lowest BCUT2D eigenvalue weighted by atomic mass is 10.0. The second-order valence-corrected chi connectivity index (χ2v) is 7.57. The van der Waals surface area contributed by atoms with E-state index in [4.69, 9.17) is 16.3 Å². The standard InChI is InChI=1S/C20H15ClN2O3S/c1-26-13-5-6-14-15(8-12-3-2-4-16(22-12)20(24)25)19(23-17(14)9-13)11-7-18(21)27-10-11/h2-7,9-10,23H,8H2,1H3,(H,24,25). The fraction of sp³-hybridized carbons (Fsp3) is 0.100. The van der Waals surface area contributed by atoms with E-state index < -0.39 is 5.97 Å². The predicted molar refractivity (Wildman–Crippen MR) is 107 cm³/mol. The summed E-state index contributed by atoms with van der Waals surface area (Å²) in [5.74, 6) is -0.276. The first-order chi connectivity index (χ1) is 13.0. The van der Waals surface area contributed by atoms with Crippen LogP contribution in [0.3, 0.4) is 0 Å². The molecule has 5 nitrogen and oxygen atoms in total. The summed E-state index contributed by atoms with van der Waals surface area (Å²) in [6, 6.07) is 12.8. The van der Waals surface area contributed by atoms with E-state index in [9.17, 15) is 9.90 Å². The van der Waals surface area contributed by atoms with Crippen LogP contribution in [0.5, 0.6) is 5.75 Å². The molecule has 0 atom stereocenters. The molecule has 0 aliphatic rings. The van der Waals surface area contributed by atoms with E-state index in [1.165, 1.54) is 17.4 Å². The molecule has 0 unspecified atom stereocenters. The van der Waals surface area contributed by atoms with Gasteiger partial charge in [0.15, 0.2) is 0 Å². The fourth-order valence-corrected chi connectivity index (χ4v) is 3.98. The highest BCUT2D eigenvalue weighted by molar-refractivity contribution is 7.14. The lowest BCUT2D eigenvalue weighted by molar-refractivity contribution is 0.0690. The summed E-state index contributed by atoms with van der Waals surface area (Å²) in [6.45, 7) is 0. The lowest BCUT2D eigenvalue weighted by Crippen LogP contribution is -2.03. The summed E-state index contributed by atoms with van der Waals surface area (Å²) in [5, 5.41) is 12.2. The van der Waals surface area contributed by atoms with Gasteiger partial charge >= 0.3 is 5.97 Å². The summed E-state index contributed by atoms with van der Waals surface area (Å²) >= 11 is 7.60. The zero-order chi connectivity index (χ0) is 19.0. The van der Waals surface area contributed by atoms with Crippen molar-refractivity contribution < 1.29 is 14.6 Å². The topological polar surface area (TPSA) is 75.2 Å². The highest BCUT2D eigenvalue weighted by Crippen LogP contribution is 2.36. The number of carboxylic acid groups (broad SMARTS) is 1. The average Bonchev–Trinajstić information content (AvgIpc) is 3.25. The van der Waals surface area contributed by atoms with Crippen molar-refractivity contribution in [3.05, 3.63) is 69.1 Å². The third-order valence-electron chi connectivity index (χ3n) is 4.35.